The molecule has 0 aromatic heterocycles. The van der Waals surface area contributed by atoms with Crippen molar-refractivity contribution >= 4 is 34.0 Å². The van der Waals surface area contributed by atoms with Gasteiger partial charge in [-0.25, -0.2) is 4.79 Å². The lowest BCUT2D eigenvalue weighted by Gasteiger charge is -2.59. The zero-order valence-electron chi connectivity index (χ0n) is 43.3. The van der Waals surface area contributed by atoms with Crippen LogP contribution in [0.4, 0.5) is 16.2 Å². The molecule has 0 spiro atoms. The SMILES string of the molecule is C=CCOC12Oc3ccc(Oc4cccc([N+](=O)[O-])c4)cc3C3C(CCCCO)C(CCCCO)C=C(C(=NOCc4ccc([N+](=O)[O-])cc4)CC1N(Cc1cccc4ccccc14)C(=O)OCCOCc1ccccc1)C32. The molecule has 406 valence electrons. The average Bonchev–Trinajstić information content (AvgIpc) is 3.65. The maximum atomic E-state index is 15.4. The van der Waals surface area contributed by atoms with Gasteiger partial charge in [-0.2, -0.15) is 0 Å². The summed E-state index contributed by atoms with van der Waals surface area (Å²) in [7, 11) is 0. The number of nitrogens with zero attached hydrogens (tertiary/aromatic N) is 4. The number of benzene rings is 6. The van der Waals surface area contributed by atoms with Crippen molar-refractivity contribution in [2.75, 3.05) is 33.0 Å². The van der Waals surface area contributed by atoms with Gasteiger partial charge in [-0.3, -0.25) is 25.1 Å². The zero-order valence-corrected chi connectivity index (χ0v) is 43.3. The van der Waals surface area contributed by atoms with Gasteiger partial charge in [0.2, 0.25) is 5.79 Å². The number of aliphatic hydroxyl groups is 2. The van der Waals surface area contributed by atoms with Crippen molar-refractivity contribution in [2.24, 2.45) is 22.9 Å². The number of aliphatic hydroxyl groups excluding tert-OH is 2. The van der Waals surface area contributed by atoms with Crippen molar-refractivity contribution in [3.05, 3.63) is 206 Å². The third kappa shape index (κ3) is 12.6. The van der Waals surface area contributed by atoms with Crippen molar-refractivity contribution < 1.29 is 53.4 Å². The molecule has 9 rings (SSSR count). The van der Waals surface area contributed by atoms with Crippen LogP contribution in [0, 0.1) is 38.0 Å². The smallest absolute Gasteiger partial charge is 0.410 e. The molecule has 1 amide bonds. The van der Waals surface area contributed by atoms with Crippen LogP contribution in [0.15, 0.2) is 169 Å². The Labute approximate surface area is 452 Å². The molecule has 2 N–H and O–H groups in total. The molecule has 78 heavy (non-hydrogen) atoms. The van der Waals surface area contributed by atoms with Gasteiger partial charge in [-0.05, 0) is 107 Å². The van der Waals surface area contributed by atoms with Crippen LogP contribution in [0.1, 0.15) is 73.1 Å². The van der Waals surface area contributed by atoms with E-state index in [9.17, 15) is 30.4 Å². The number of carbonyl (C=O) groups excluding carboxylic acids is 1. The highest BCUT2D eigenvalue weighted by atomic mass is 16.7. The monoisotopic (exact) mass is 1060 g/mol. The third-order valence-corrected chi connectivity index (χ3v) is 14.9. The van der Waals surface area contributed by atoms with Crippen molar-refractivity contribution in [3.8, 4) is 17.2 Å². The summed E-state index contributed by atoms with van der Waals surface area (Å²) in [6.45, 7) is 4.49. The molecular formula is C61H64N4O13. The molecule has 0 bridgehead atoms. The number of nitro benzene ring substituents is 2. The Balaban J connectivity index is 1.21. The van der Waals surface area contributed by atoms with Crippen molar-refractivity contribution in [2.45, 2.75) is 82.5 Å². The number of hydrogen-bond donors (Lipinski definition) is 2. The fourth-order valence-electron chi connectivity index (χ4n) is 11.4. The number of oxime groups is 1. The van der Waals surface area contributed by atoms with E-state index in [-0.39, 0.29) is 81.6 Å². The molecule has 2 aliphatic carbocycles. The summed E-state index contributed by atoms with van der Waals surface area (Å²) in [5.74, 6) is -1.88. The Morgan fingerprint density at radius 1 is 0.782 bits per heavy atom. The number of allylic oxidation sites excluding steroid dienone is 1. The summed E-state index contributed by atoms with van der Waals surface area (Å²) in [6.07, 6.45) is 7.16. The lowest BCUT2D eigenvalue weighted by molar-refractivity contribution is -0.385. The molecule has 1 saturated carbocycles. The summed E-state index contributed by atoms with van der Waals surface area (Å²) in [6, 6.07) is 40.1. The molecule has 1 fully saturated rings. The van der Waals surface area contributed by atoms with E-state index in [2.05, 4.69) is 12.7 Å². The Morgan fingerprint density at radius 2 is 1.50 bits per heavy atom. The minimum Gasteiger partial charge on any atom is -0.459 e. The normalized spacial score (nSPS) is 20.6. The van der Waals surface area contributed by atoms with Crippen LogP contribution in [0.2, 0.25) is 0 Å². The standard InChI is InChI=1S/C61H64N4O13/c1-2-32-75-61-57(63(39-46-19-12-18-44-16-6-7-22-51(44)46)60(68)74-34-33-73-40-42-14-4-3-5-15-42)38-55(62-76-41-43-24-26-47(27-25-43)64(69)70)53-35-45(17-8-10-30-66)52(23-9-11-31-67)58(59(53)61)54-37-50(28-29-56(54)78-61)77-49-21-13-20-48(36-49)65(71)72/h2-7,12-16,18-22,24-29,35-37,45,52,57-59,66-67H,1,8-11,17,23,30-34,38-41H2. The van der Waals surface area contributed by atoms with Crippen LogP contribution in [0.5, 0.6) is 17.2 Å². The molecule has 0 radical (unpaired) electrons. The van der Waals surface area contributed by atoms with Gasteiger partial charge in [-0.1, -0.05) is 109 Å². The summed E-state index contributed by atoms with van der Waals surface area (Å²) < 4.78 is 33.3. The Morgan fingerprint density at radius 3 is 2.27 bits per heavy atom. The highest BCUT2D eigenvalue weighted by Gasteiger charge is 2.66. The number of hydrogen-bond acceptors (Lipinski definition) is 14. The highest BCUT2D eigenvalue weighted by Crippen LogP contribution is 2.62. The van der Waals surface area contributed by atoms with Crippen LogP contribution in [-0.4, -0.2) is 81.6 Å². The van der Waals surface area contributed by atoms with Crippen LogP contribution in [-0.2, 0) is 38.8 Å². The molecule has 3 aliphatic rings. The van der Waals surface area contributed by atoms with Gasteiger partial charge in [0.15, 0.2) is 0 Å². The quantitative estimate of drug-likeness (QED) is 0.0224. The number of unbranched alkanes of at least 4 members (excludes halogenated alkanes) is 2. The first-order valence-corrected chi connectivity index (χ1v) is 26.5. The van der Waals surface area contributed by atoms with Gasteiger partial charge in [0, 0.05) is 49.3 Å². The largest absolute Gasteiger partial charge is 0.459 e. The molecule has 6 atom stereocenters. The van der Waals surface area contributed by atoms with Gasteiger partial charge in [-0.15, -0.1) is 6.58 Å². The Kier molecular flexibility index (Phi) is 18.2. The lowest BCUT2D eigenvalue weighted by Crippen LogP contribution is -2.70. The summed E-state index contributed by atoms with van der Waals surface area (Å²) in [5, 5.41) is 50.4. The number of ether oxygens (including phenoxy) is 5. The second-order valence-corrected chi connectivity index (χ2v) is 19.7. The van der Waals surface area contributed by atoms with E-state index >= 15 is 4.79 Å². The van der Waals surface area contributed by atoms with Gasteiger partial charge in [0.25, 0.3) is 11.4 Å². The van der Waals surface area contributed by atoms with Crippen LogP contribution in [0.3, 0.4) is 0 Å². The molecule has 1 heterocycles. The zero-order chi connectivity index (χ0) is 54.4. The predicted molar refractivity (Wildman–Crippen MR) is 293 cm³/mol. The number of fused-ring (bicyclic) bond motifs is 3. The number of nitro groups is 2. The van der Waals surface area contributed by atoms with E-state index in [1.165, 1.54) is 24.3 Å². The van der Waals surface area contributed by atoms with E-state index in [1.54, 1.807) is 41.3 Å². The van der Waals surface area contributed by atoms with Crippen molar-refractivity contribution in [1.29, 1.82) is 0 Å². The average molecular weight is 1060 g/mol. The van der Waals surface area contributed by atoms with Crippen LogP contribution < -0.4 is 9.47 Å². The number of non-ortho nitro benzene ring substituents is 2. The van der Waals surface area contributed by atoms with Gasteiger partial charge in [0.1, 0.15) is 36.5 Å². The first-order valence-electron chi connectivity index (χ1n) is 26.5. The molecule has 17 nitrogen and oxygen atoms in total. The first kappa shape index (κ1) is 54.8. The second kappa shape index (κ2) is 25.9. The third-order valence-electron chi connectivity index (χ3n) is 14.9. The minimum atomic E-state index is -1.66. The fraction of sp³-hybridized carbons (Fsp3) is 0.344. The molecule has 6 aromatic rings. The topological polar surface area (TPSA) is 215 Å². The van der Waals surface area contributed by atoms with E-state index in [0.29, 0.717) is 67.9 Å². The van der Waals surface area contributed by atoms with E-state index in [1.807, 2.05) is 84.9 Å². The van der Waals surface area contributed by atoms with Gasteiger partial charge >= 0.3 is 6.09 Å². The summed E-state index contributed by atoms with van der Waals surface area (Å²) in [5.41, 5.74) is 4.34. The molecular weight excluding hydrogens is 997 g/mol. The minimum absolute atomic E-state index is 0.00210. The Bertz CT molecular complexity index is 3110. The van der Waals surface area contributed by atoms with Crippen molar-refractivity contribution in [3.63, 3.8) is 0 Å². The molecule has 6 unspecified atom stereocenters. The number of rotatable bonds is 26. The van der Waals surface area contributed by atoms with Crippen LogP contribution >= 0.6 is 0 Å². The van der Waals surface area contributed by atoms with Crippen LogP contribution in [0.25, 0.3) is 10.8 Å². The summed E-state index contributed by atoms with van der Waals surface area (Å²) in [4.78, 5) is 45.7. The van der Waals surface area contributed by atoms with E-state index < -0.39 is 39.6 Å². The van der Waals surface area contributed by atoms with E-state index in [0.717, 1.165) is 33.0 Å². The maximum absolute atomic E-state index is 15.4. The molecule has 0 saturated heterocycles. The van der Waals surface area contributed by atoms with Gasteiger partial charge < -0.3 is 38.7 Å². The summed E-state index contributed by atoms with van der Waals surface area (Å²) >= 11 is 0. The molecule has 1 aliphatic heterocycles. The van der Waals surface area contributed by atoms with E-state index in [4.69, 9.17) is 33.7 Å². The predicted octanol–water partition coefficient (Wildman–Crippen LogP) is 12.1. The molecule has 6 aromatic carbocycles. The lowest BCUT2D eigenvalue weighted by atomic mass is 9.55. The second-order valence-electron chi connectivity index (χ2n) is 19.7. The fourth-order valence-corrected chi connectivity index (χ4v) is 11.4. The maximum Gasteiger partial charge on any atom is 0.410 e. The molecule has 17 heteroatoms. The van der Waals surface area contributed by atoms with Gasteiger partial charge in [0.05, 0.1) is 53.9 Å². The number of amides is 1. The Hall–Kier alpha value is -7.96. The number of carbonyl (C=O) groups is 1. The first-order chi connectivity index (χ1) is 38.1. The highest BCUT2D eigenvalue weighted by molar-refractivity contribution is 6.03. The van der Waals surface area contributed by atoms with Crippen molar-refractivity contribution in [1.82, 2.24) is 4.90 Å².